The summed E-state index contributed by atoms with van der Waals surface area (Å²) in [6, 6.07) is 6.72. The Bertz CT molecular complexity index is 1170. The van der Waals surface area contributed by atoms with Gasteiger partial charge in [0.15, 0.2) is 5.82 Å². The molecular formula is C19H19FN8. The van der Waals surface area contributed by atoms with Crippen molar-refractivity contribution in [3.63, 3.8) is 0 Å². The molecule has 0 aliphatic rings. The number of halogens is 1. The molecule has 0 bridgehead atoms. The monoisotopic (exact) mass is 378 g/mol. The highest BCUT2D eigenvalue weighted by molar-refractivity contribution is 5.61. The number of nitrogen functional groups attached to an aromatic ring is 1. The largest absolute Gasteiger partial charge is 0.368 e. The van der Waals surface area contributed by atoms with Crippen LogP contribution in [0, 0.1) is 12.7 Å². The van der Waals surface area contributed by atoms with Crippen LogP contribution in [0.3, 0.4) is 0 Å². The van der Waals surface area contributed by atoms with Gasteiger partial charge in [0.2, 0.25) is 11.9 Å². The van der Waals surface area contributed by atoms with Gasteiger partial charge in [-0.1, -0.05) is 0 Å². The quantitative estimate of drug-likeness (QED) is 0.562. The van der Waals surface area contributed by atoms with Crippen molar-refractivity contribution in [2.24, 2.45) is 0 Å². The maximum absolute atomic E-state index is 14.2. The third-order valence-electron chi connectivity index (χ3n) is 4.40. The number of nitrogens with one attached hydrogen (secondary N) is 1. The SMILES string of the molecule is Cc1ncc2ccc(-c3nc(N)nc(NC(C)(C)c4ncccc4F)n3)cn12. The Kier molecular flexibility index (Phi) is 4.14. The van der Waals surface area contributed by atoms with E-state index in [0.29, 0.717) is 5.82 Å². The van der Waals surface area contributed by atoms with Gasteiger partial charge in [0.1, 0.15) is 17.3 Å². The number of nitrogens with zero attached hydrogens (tertiary/aromatic N) is 6. The minimum absolute atomic E-state index is 0.0623. The van der Waals surface area contributed by atoms with E-state index in [4.69, 9.17) is 5.73 Å². The highest BCUT2D eigenvalue weighted by Crippen LogP contribution is 2.26. The Hall–Kier alpha value is -3.62. The molecule has 0 fully saturated rings. The molecule has 4 heterocycles. The molecule has 0 atom stereocenters. The summed E-state index contributed by atoms with van der Waals surface area (Å²) in [4.78, 5) is 21.3. The molecule has 0 unspecified atom stereocenters. The van der Waals surface area contributed by atoms with E-state index in [0.717, 1.165) is 16.9 Å². The smallest absolute Gasteiger partial charge is 0.228 e. The topological polar surface area (TPSA) is 107 Å². The lowest BCUT2D eigenvalue weighted by Gasteiger charge is -2.26. The maximum atomic E-state index is 14.2. The van der Waals surface area contributed by atoms with Gasteiger partial charge < -0.3 is 15.5 Å². The number of aromatic nitrogens is 6. The van der Waals surface area contributed by atoms with Crippen LogP contribution in [0.1, 0.15) is 25.4 Å². The molecule has 0 spiro atoms. The summed E-state index contributed by atoms with van der Waals surface area (Å²) in [6.07, 6.45) is 5.22. The number of aryl methyl sites for hydroxylation is 1. The molecule has 8 nitrogen and oxygen atoms in total. The fourth-order valence-corrected chi connectivity index (χ4v) is 3.01. The molecule has 3 N–H and O–H groups in total. The number of pyridine rings is 2. The lowest BCUT2D eigenvalue weighted by Crippen LogP contribution is -2.31. The van der Waals surface area contributed by atoms with Gasteiger partial charge in [0.25, 0.3) is 0 Å². The Labute approximate surface area is 160 Å². The van der Waals surface area contributed by atoms with Gasteiger partial charge in [-0.05, 0) is 45.0 Å². The van der Waals surface area contributed by atoms with E-state index in [9.17, 15) is 4.39 Å². The molecule has 0 amide bonds. The summed E-state index contributed by atoms with van der Waals surface area (Å²) in [5.41, 5.74) is 7.01. The van der Waals surface area contributed by atoms with Crippen LogP contribution in [0.25, 0.3) is 16.9 Å². The maximum Gasteiger partial charge on any atom is 0.228 e. The number of imidazole rings is 1. The summed E-state index contributed by atoms with van der Waals surface area (Å²) >= 11 is 0. The molecule has 28 heavy (non-hydrogen) atoms. The van der Waals surface area contributed by atoms with Gasteiger partial charge in [-0.2, -0.15) is 15.0 Å². The first-order valence-electron chi connectivity index (χ1n) is 8.68. The van der Waals surface area contributed by atoms with Crippen LogP contribution in [0.2, 0.25) is 0 Å². The van der Waals surface area contributed by atoms with Crippen LogP contribution < -0.4 is 11.1 Å². The van der Waals surface area contributed by atoms with Crippen LogP contribution >= 0.6 is 0 Å². The summed E-state index contributed by atoms with van der Waals surface area (Å²) in [7, 11) is 0. The first-order chi connectivity index (χ1) is 13.3. The predicted molar refractivity (Wildman–Crippen MR) is 104 cm³/mol. The van der Waals surface area contributed by atoms with E-state index in [1.54, 1.807) is 26.1 Å². The number of fused-ring (bicyclic) bond motifs is 1. The van der Waals surface area contributed by atoms with Crippen molar-refractivity contribution in [1.82, 2.24) is 29.3 Å². The fraction of sp³-hybridized carbons (Fsp3) is 0.211. The van der Waals surface area contributed by atoms with Crippen molar-refractivity contribution in [2.75, 3.05) is 11.1 Å². The minimum Gasteiger partial charge on any atom is -0.368 e. The second-order valence-electron chi connectivity index (χ2n) is 6.94. The molecule has 9 heteroatoms. The Morgan fingerprint density at radius 3 is 2.71 bits per heavy atom. The summed E-state index contributed by atoms with van der Waals surface area (Å²) in [6.45, 7) is 5.49. The van der Waals surface area contributed by atoms with E-state index in [1.807, 2.05) is 29.7 Å². The van der Waals surface area contributed by atoms with Crippen LogP contribution in [-0.2, 0) is 5.54 Å². The van der Waals surface area contributed by atoms with Crippen LogP contribution in [0.4, 0.5) is 16.3 Å². The first kappa shape index (κ1) is 17.8. The average Bonchev–Trinajstić information content (AvgIpc) is 3.01. The van der Waals surface area contributed by atoms with E-state index >= 15 is 0 Å². The lowest BCUT2D eigenvalue weighted by atomic mass is 9.99. The predicted octanol–water partition coefficient (Wildman–Crippen LogP) is 2.96. The van der Waals surface area contributed by atoms with Crippen molar-refractivity contribution in [3.8, 4) is 11.4 Å². The molecular weight excluding hydrogens is 359 g/mol. The number of rotatable bonds is 4. The van der Waals surface area contributed by atoms with Crippen molar-refractivity contribution < 1.29 is 4.39 Å². The van der Waals surface area contributed by atoms with Crippen LogP contribution in [0.5, 0.6) is 0 Å². The highest BCUT2D eigenvalue weighted by atomic mass is 19.1. The highest BCUT2D eigenvalue weighted by Gasteiger charge is 2.27. The third kappa shape index (κ3) is 3.22. The van der Waals surface area contributed by atoms with Gasteiger partial charge in [0, 0.05) is 18.0 Å². The number of nitrogens with two attached hydrogens (primary N) is 1. The van der Waals surface area contributed by atoms with E-state index in [-0.39, 0.29) is 17.6 Å². The van der Waals surface area contributed by atoms with Gasteiger partial charge >= 0.3 is 0 Å². The van der Waals surface area contributed by atoms with Crippen molar-refractivity contribution in [3.05, 3.63) is 60.2 Å². The van der Waals surface area contributed by atoms with Gasteiger partial charge in [-0.3, -0.25) is 4.98 Å². The van der Waals surface area contributed by atoms with Crippen LogP contribution in [0.15, 0.2) is 42.9 Å². The third-order valence-corrected chi connectivity index (χ3v) is 4.40. The fourth-order valence-electron chi connectivity index (χ4n) is 3.01. The summed E-state index contributed by atoms with van der Waals surface area (Å²) in [5.74, 6) is 1.14. The molecule has 142 valence electrons. The number of hydrogen-bond acceptors (Lipinski definition) is 7. The Morgan fingerprint density at radius 1 is 1.11 bits per heavy atom. The molecule has 0 aliphatic carbocycles. The van der Waals surface area contributed by atoms with Gasteiger partial charge in [-0.15, -0.1) is 0 Å². The molecule has 4 aromatic heterocycles. The second-order valence-corrected chi connectivity index (χ2v) is 6.94. The summed E-state index contributed by atoms with van der Waals surface area (Å²) in [5, 5.41) is 3.11. The zero-order valence-electron chi connectivity index (χ0n) is 15.7. The van der Waals surface area contributed by atoms with Crippen molar-refractivity contribution in [1.29, 1.82) is 0 Å². The minimum atomic E-state index is -0.860. The molecule has 4 aromatic rings. The van der Waals surface area contributed by atoms with Crippen LogP contribution in [-0.4, -0.2) is 29.3 Å². The normalized spacial score (nSPS) is 11.7. The molecule has 0 aliphatic heterocycles. The standard InChI is InChI=1S/C19H19FN8/c1-11-23-9-13-7-6-12(10-28(11)13)16-24-17(21)26-18(25-16)27-19(2,3)15-14(20)5-4-8-22-15/h4-10H,1-3H3,(H3,21,24,25,26,27). The van der Waals surface area contributed by atoms with Gasteiger partial charge in [0.05, 0.1) is 17.3 Å². The van der Waals surface area contributed by atoms with E-state index < -0.39 is 11.4 Å². The zero-order valence-corrected chi connectivity index (χ0v) is 15.7. The Balaban J connectivity index is 1.72. The lowest BCUT2D eigenvalue weighted by molar-refractivity contribution is 0.510. The molecule has 0 saturated carbocycles. The second kappa shape index (κ2) is 6.52. The summed E-state index contributed by atoms with van der Waals surface area (Å²) < 4.78 is 16.1. The number of hydrogen-bond donors (Lipinski definition) is 2. The molecule has 0 radical (unpaired) electrons. The molecule has 0 saturated heterocycles. The Morgan fingerprint density at radius 2 is 1.93 bits per heavy atom. The molecule has 4 rings (SSSR count). The number of anilines is 2. The van der Waals surface area contributed by atoms with Crippen molar-refractivity contribution >= 4 is 17.4 Å². The average molecular weight is 378 g/mol. The van der Waals surface area contributed by atoms with Gasteiger partial charge in [-0.25, -0.2) is 9.37 Å². The zero-order chi connectivity index (χ0) is 19.9. The first-order valence-corrected chi connectivity index (χ1v) is 8.68. The molecule has 0 aromatic carbocycles. The van der Waals surface area contributed by atoms with E-state index in [1.165, 1.54) is 12.3 Å². The van der Waals surface area contributed by atoms with E-state index in [2.05, 4.69) is 30.2 Å². The van der Waals surface area contributed by atoms with Crippen molar-refractivity contribution in [2.45, 2.75) is 26.3 Å².